The Morgan fingerprint density at radius 2 is 2.19 bits per heavy atom. The van der Waals surface area contributed by atoms with Gasteiger partial charge in [-0.25, -0.2) is 0 Å². The maximum absolute atomic E-state index is 11.8. The van der Waals surface area contributed by atoms with Gasteiger partial charge in [0.2, 0.25) is 6.10 Å². The first-order valence-corrected chi connectivity index (χ1v) is 5.12. The van der Waals surface area contributed by atoms with Crippen LogP contribution in [0.15, 0.2) is 18.2 Å². The van der Waals surface area contributed by atoms with Crippen molar-refractivity contribution in [2.45, 2.75) is 13.0 Å². The molecule has 0 fully saturated rings. The van der Waals surface area contributed by atoms with Crippen molar-refractivity contribution in [3.63, 3.8) is 0 Å². The lowest BCUT2D eigenvalue weighted by Gasteiger charge is -2.10. The van der Waals surface area contributed by atoms with Crippen molar-refractivity contribution in [1.82, 2.24) is 0 Å². The standard InChI is InChI=1S/C11H10ClNO3/c1-6(14)16-10-8-5-7(12)3-4-9(8)13(2)11(10)15/h3-5,10H,1-2H3. The number of anilines is 1. The number of ether oxygens (including phenoxy) is 1. The second-order valence-corrected chi connectivity index (χ2v) is 4.03. The van der Waals surface area contributed by atoms with Crippen LogP contribution in [0.4, 0.5) is 5.69 Å². The Morgan fingerprint density at radius 1 is 1.50 bits per heavy atom. The Hall–Kier alpha value is -1.55. The molecule has 1 aromatic rings. The number of fused-ring (bicyclic) bond motifs is 1. The first-order valence-electron chi connectivity index (χ1n) is 4.75. The molecule has 0 saturated carbocycles. The number of benzene rings is 1. The molecule has 0 aliphatic carbocycles. The molecule has 0 aromatic heterocycles. The quantitative estimate of drug-likeness (QED) is 0.704. The van der Waals surface area contributed by atoms with E-state index in [1.165, 1.54) is 11.8 Å². The van der Waals surface area contributed by atoms with Gasteiger partial charge >= 0.3 is 5.97 Å². The van der Waals surface area contributed by atoms with Gasteiger partial charge in [0, 0.05) is 24.6 Å². The highest BCUT2D eigenvalue weighted by atomic mass is 35.5. The van der Waals surface area contributed by atoms with Gasteiger partial charge in [0.25, 0.3) is 5.91 Å². The van der Waals surface area contributed by atoms with Gasteiger partial charge in [-0.1, -0.05) is 11.6 Å². The van der Waals surface area contributed by atoms with Crippen LogP contribution >= 0.6 is 11.6 Å². The summed E-state index contributed by atoms with van der Waals surface area (Å²) in [4.78, 5) is 24.2. The number of carbonyl (C=O) groups excluding carboxylic acids is 2. The molecule has 0 radical (unpaired) electrons. The van der Waals surface area contributed by atoms with E-state index in [1.807, 2.05) is 0 Å². The predicted molar refractivity (Wildman–Crippen MR) is 59.4 cm³/mol. The summed E-state index contributed by atoms with van der Waals surface area (Å²) in [5.74, 6) is -0.743. The van der Waals surface area contributed by atoms with E-state index in [2.05, 4.69) is 0 Å². The molecule has 1 atom stereocenters. The van der Waals surface area contributed by atoms with Gasteiger partial charge in [-0.3, -0.25) is 9.59 Å². The molecular weight excluding hydrogens is 230 g/mol. The average molecular weight is 240 g/mol. The molecular formula is C11H10ClNO3. The molecule has 0 bridgehead atoms. The minimum absolute atomic E-state index is 0.257. The number of amides is 1. The predicted octanol–water partition coefficient (Wildman–Crippen LogP) is 1.92. The summed E-state index contributed by atoms with van der Waals surface area (Å²) in [5, 5.41) is 0.513. The van der Waals surface area contributed by atoms with Crippen LogP contribution in [0.25, 0.3) is 0 Å². The molecule has 0 N–H and O–H groups in total. The zero-order valence-corrected chi connectivity index (χ0v) is 9.62. The third kappa shape index (κ3) is 1.65. The van der Waals surface area contributed by atoms with Crippen LogP contribution in [0.2, 0.25) is 5.02 Å². The molecule has 0 spiro atoms. The Labute approximate surface area is 97.7 Å². The fourth-order valence-electron chi connectivity index (χ4n) is 1.75. The largest absolute Gasteiger partial charge is 0.447 e. The summed E-state index contributed by atoms with van der Waals surface area (Å²) >= 11 is 5.85. The smallest absolute Gasteiger partial charge is 0.303 e. The highest BCUT2D eigenvalue weighted by molar-refractivity contribution is 6.31. The number of carbonyl (C=O) groups is 2. The van der Waals surface area contributed by atoms with E-state index >= 15 is 0 Å². The van der Waals surface area contributed by atoms with Gasteiger partial charge in [-0.05, 0) is 18.2 Å². The molecule has 1 amide bonds. The molecule has 1 aliphatic heterocycles. The Kier molecular flexibility index (Phi) is 2.59. The van der Waals surface area contributed by atoms with E-state index in [1.54, 1.807) is 25.2 Å². The second-order valence-electron chi connectivity index (χ2n) is 3.59. The summed E-state index contributed by atoms with van der Waals surface area (Å²) < 4.78 is 4.99. The number of rotatable bonds is 1. The van der Waals surface area contributed by atoms with Gasteiger partial charge in [-0.15, -0.1) is 0 Å². The van der Waals surface area contributed by atoms with Crippen LogP contribution in [-0.2, 0) is 14.3 Å². The highest BCUT2D eigenvalue weighted by Crippen LogP contribution is 2.38. The lowest BCUT2D eigenvalue weighted by atomic mass is 10.1. The van der Waals surface area contributed by atoms with Crippen molar-refractivity contribution >= 4 is 29.2 Å². The van der Waals surface area contributed by atoms with Gasteiger partial charge in [0.15, 0.2) is 0 Å². The Morgan fingerprint density at radius 3 is 2.81 bits per heavy atom. The summed E-state index contributed by atoms with van der Waals surface area (Å²) in [7, 11) is 1.64. The number of likely N-dealkylation sites (N-methyl/N-ethyl adjacent to an activating group) is 1. The van der Waals surface area contributed by atoms with Crippen LogP contribution in [0.5, 0.6) is 0 Å². The number of hydrogen-bond acceptors (Lipinski definition) is 3. The Bertz CT molecular complexity index is 472. The van der Waals surface area contributed by atoms with Crippen molar-refractivity contribution in [3.05, 3.63) is 28.8 Å². The van der Waals surface area contributed by atoms with Crippen LogP contribution in [0, 0.1) is 0 Å². The number of esters is 1. The SMILES string of the molecule is CC(=O)OC1C(=O)N(C)c2ccc(Cl)cc21. The van der Waals surface area contributed by atoms with E-state index in [9.17, 15) is 9.59 Å². The molecule has 4 nitrogen and oxygen atoms in total. The monoisotopic (exact) mass is 239 g/mol. The molecule has 0 saturated heterocycles. The van der Waals surface area contributed by atoms with Gasteiger partial charge in [0.1, 0.15) is 0 Å². The fraction of sp³-hybridized carbons (Fsp3) is 0.273. The van der Waals surface area contributed by atoms with Crippen LogP contribution in [-0.4, -0.2) is 18.9 Å². The maximum atomic E-state index is 11.8. The van der Waals surface area contributed by atoms with E-state index < -0.39 is 12.1 Å². The summed E-state index contributed by atoms with van der Waals surface area (Å²) in [6.07, 6.45) is -0.865. The summed E-state index contributed by atoms with van der Waals surface area (Å²) in [5.41, 5.74) is 1.36. The minimum atomic E-state index is -0.865. The van der Waals surface area contributed by atoms with Crippen LogP contribution < -0.4 is 4.90 Å². The topological polar surface area (TPSA) is 46.6 Å². The van der Waals surface area contributed by atoms with Crippen molar-refractivity contribution < 1.29 is 14.3 Å². The van der Waals surface area contributed by atoms with Gasteiger partial charge < -0.3 is 9.64 Å². The average Bonchev–Trinajstić information content (AvgIpc) is 2.43. The summed E-state index contributed by atoms with van der Waals surface area (Å²) in [6.45, 7) is 1.27. The number of hydrogen-bond donors (Lipinski definition) is 0. The highest BCUT2D eigenvalue weighted by Gasteiger charge is 2.37. The van der Waals surface area contributed by atoms with E-state index in [0.717, 1.165) is 5.69 Å². The number of nitrogens with zero attached hydrogens (tertiary/aromatic N) is 1. The normalized spacial score (nSPS) is 18.6. The lowest BCUT2D eigenvalue weighted by molar-refractivity contribution is -0.152. The number of halogens is 1. The molecule has 1 aliphatic rings. The molecule has 5 heteroatoms. The molecule has 2 rings (SSSR count). The zero-order valence-electron chi connectivity index (χ0n) is 8.86. The Balaban J connectivity index is 2.47. The minimum Gasteiger partial charge on any atom is -0.447 e. The first-order chi connectivity index (χ1) is 7.50. The van der Waals surface area contributed by atoms with Crippen molar-refractivity contribution in [3.8, 4) is 0 Å². The van der Waals surface area contributed by atoms with Crippen molar-refractivity contribution in [2.24, 2.45) is 0 Å². The van der Waals surface area contributed by atoms with Crippen LogP contribution in [0.1, 0.15) is 18.6 Å². The van der Waals surface area contributed by atoms with Crippen molar-refractivity contribution in [2.75, 3.05) is 11.9 Å². The van der Waals surface area contributed by atoms with Crippen LogP contribution in [0.3, 0.4) is 0 Å². The third-order valence-corrected chi connectivity index (χ3v) is 2.71. The summed E-state index contributed by atoms with van der Waals surface area (Å²) in [6, 6.07) is 5.07. The first kappa shape index (κ1) is 11.0. The lowest BCUT2D eigenvalue weighted by Crippen LogP contribution is -2.26. The zero-order chi connectivity index (χ0) is 11.9. The van der Waals surface area contributed by atoms with Gasteiger partial charge in [-0.2, -0.15) is 0 Å². The fourth-order valence-corrected chi connectivity index (χ4v) is 1.93. The third-order valence-electron chi connectivity index (χ3n) is 2.47. The molecule has 1 unspecified atom stereocenters. The van der Waals surface area contributed by atoms with E-state index in [4.69, 9.17) is 16.3 Å². The molecule has 84 valence electrons. The molecule has 1 aromatic carbocycles. The van der Waals surface area contributed by atoms with E-state index in [0.29, 0.717) is 10.6 Å². The van der Waals surface area contributed by atoms with E-state index in [-0.39, 0.29) is 5.91 Å². The maximum Gasteiger partial charge on any atom is 0.303 e. The second kappa shape index (κ2) is 3.79. The molecule has 1 heterocycles. The van der Waals surface area contributed by atoms with Crippen molar-refractivity contribution in [1.29, 1.82) is 0 Å². The van der Waals surface area contributed by atoms with Gasteiger partial charge in [0.05, 0.1) is 5.69 Å². The molecule has 16 heavy (non-hydrogen) atoms.